The van der Waals surface area contributed by atoms with Crippen LogP contribution in [0.1, 0.15) is 21.5 Å². The molecule has 0 spiro atoms. The van der Waals surface area contributed by atoms with Gasteiger partial charge in [0.1, 0.15) is 17.9 Å². The molecule has 0 bridgehead atoms. The number of terminal acetylenes is 1. The topological polar surface area (TPSA) is 84.2 Å². The predicted octanol–water partition coefficient (Wildman–Crippen LogP) is 4.04. The molecule has 0 aliphatic carbocycles. The zero-order chi connectivity index (χ0) is 23.3. The molecule has 7 heteroatoms. The van der Waals surface area contributed by atoms with Gasteiger partial charge in [0, 0.05) is 11.5 Å². The number of fused-ring (bicyclic) bond motifs is 1. The summed E-state index contributed by atoms with van der Waals surface area (Å²) in [6, 6.07) is 8.12. The second-order valence-corrected chi connectivity index (χ2v) is 6.71. The van der Waals surface area contributed by atoms with Crippen molar-refractivity contribution in [1.82, 2.24) is 0 Å². The molecule has 3 aromatic rings. The number of hydrogen-bond donors (Lipinski definition) is 0. The Morgan fingerprint density at radius 1 is 1.06 bits per heavy atom. The van der Waals surface area contributed by atoms with E-state index in [0.717, 1.165) is 0 Å². The zero-order valence-electron chi connectivity index (χ0n) is 18.2. The van der Waals surface area contributed by atoms with Crippen molar-refractivity contribution in [1.29, 1.82) is 0 Å². The van der Waals surface area contributed by atoms with E-state index < -0.39 is 11.4 Å². The quantitative estimate of drug-likeness (QED) is 0.229. The average molecular weight is 434 g/mol. The van der Waals surface area contributed by atoms with Gasteiger partial charge in [-0.25, -0.2) is 4.79 Å². The minimum absolute atomic E-state index is 0.0432. The molecule has 0 fully saturated rings. The molecule has 0 saturated heterocycles. The van der Waals surface area contributed by atoms with Gasteiger partial charge in [-0.3, -0.25) is 4.79 Å². The number of carbonyl (C=O) groups excluding carboxylic acids is 1. The average Bonchev–Trinajstić information content (AvgIpc) is 2.79. The van der Waals surface area contributed by atoms with Crippen molar-refractivity contribution < 1.29 is 28.2 Å². The third-order valence-electron chi connectivity index (χ3n) is 4.75. The molecule has 32 heavy (non-hydrogen) atoms. The number of ketones is 1. The first kappa shape index (κ1) is 22.5. The number of methoxy groups -OCH3 is 3. The second-order valence-electron chi connectivity index (χ2n) is 6.71. The van der Waals surface area contributed by atoms with Crippen LogP contribution in [0.25, 0.3) is 17.0 Å². The highest BCUT2D eigenvalue weighted by Gasteiger charge is 2.19. The normalized spacial score (nSPS) is 10.7. The van der Waals surface area contributed by atoms with Gasteiger partial charge in [-0.1, -0.05) is 12.0 Å². The summed E-state index contributed by atoms with van der Waals surface area (Å²) in [5.41, 5.74) is 1.01. The van der Waals surface area contributed by atoms with E-state index in [1.807, 2.05) is 0 Å². The van der Waals surface area contributed by atoms with Crippen LogP contribution in [-0.4, -0.2) is 33.7 Å². The molecule has 0 amide bonds. The number of carbonyl (C=O) groups is 1. The minimum Gasteiger partial charge on any atom is -0.493 e. The molecule has 2 aromatic carbocycles. The minimum atomic E-state index is -0.563. The van der Waals surface area contributed by atoms with Crippen LogP contribution >= 0.6 is 0 Å². The Hall–Kier alpha value is -4.18. The molecule has 7 nitrogen and oxygen atoms in total. The van der Waals surface area contributed by atoms with Gasteiger partial charge in [0.05, 0.1) is 21.3 Å². The van der Waals surface area contributed by atoms with E-state index in [0.29, 0.717) is 33.8 Å². The number of hydrogen-bond acceptors (Lipinski definition) is 7. The fraction of sp³-hybridized carbons (Fsp3) is 0.200. The summed E-state index contributed by atoms with van der Waals surface area (Å²) >= 11 is 0. The molecule has 0 atom stereocenters. The lowest BCUT2D eigenvalue weighted by Crippen LogP contribution is -2.06. The van der Waals surface area contributed by atoms with Gasteiger partial charge in [-0.2, -0.15) is 0 Å². The fourth-order valence-electron chi connectivity index (χ4n) is 3.29. The highest BCUT2D eigenvalue weighted by atomic mass is 16.5. The van der Waals surface area contributed by atoms with E-state index in [1.165, 1.54) is 33.5 Å². The highest BCUT2D eigenvalue weighted by Crippen LogP contribution is 2.38. The predicted molar refractivity (Wildman–Crippen MR) is 121 cm³/mol. The standard InChI is InChI=1S/C25H22O7/c1-6-11-31-19-10-8-17-15(2)12-22(27)32-24(17)23(19)18(26)9-7-16-13-20(28-3)25(30-5)21(14-16)29-4/h1,7-10,12-14H,11H2,2-5H3. The molecule has 1 heterocycles. The number of allylic oxidation sites excluding steroid dienone is 1. The lowest BCUT2D eigenvalue weighted by Gasteiger charge is -2.13. The molecular formula is C25H22O7. The zero-order valence-corrected chi connectivity index (χ0v) is 18.2. The van der Waals surface area contributed by atoms with Crippen LogP contribution in [0.3, 0.4) is 0 Å². The van der Waals surface area contributed by atoms with Gasteiger partial charge < -0.3 is 23.4 Å². The van der Waals surface area contributed by atoms with Gasteiger partial charge in [-0.15, -0.1) is 6.42 Å². The third-order valence-corrected chi connectivity index (χ3v) is 4.75. The summed E-state index contributed by atoms with van der Waals surface area (Å²) in [6.07, 6.45) is 8.23. The molecule has 3 rings (SSSR count). The van der Waals surface area contributed by atoms with Crippen molar-refractivity contribution in [2.24, 2.45) is 0 Å². The molecule has 0 saturated carbocycles. The number of ether oxygens (including phenoxy) is 4. The third kappa shape index (κ3) is 4.44. The summed E-state index contributed by atoms with van der Waals surface area (Å²) < 4.78 is 26.9. The smallest absolute Gasteiger partial charge is 0.336 e. The Morgan fingerprint density at radius 2 is 1.75 bits per heavy atom. The maximum atomic E-state index is 13.2. The number of aryl methyl sites for hydroxylation is 1. The van der Waals surface area contributed by atoms with Gasteiger partial charge in [-0.05, 0) is 48.4 Å². The molecule has 0 radical (unpaired) electrons. The first-order valence-corrected chi connectivity index (χ1v) is 9.59. The molecule has 164 valence electrons. The van der Waals surface area contributed by atoms with Crippen molar-refractivity contribution in [2.45, 2.75) is 6.92 Å². The molecule has 0 aliphatic heterocycles. The van der Waals surface area contributed by atoms with E-state index in [9.17, 15) is 9.59 Å². The van der Waals surface area contributed by atoms with Gasteiger partial charge in [0.25, 0.3) is 0 Å². The second kappa shape index (κ2) is 9.75. The van der Waals surface area contributed by atoms with Crippen molar-refractivity contribution in [3.8, 4) is 35.3 Å². The Labute approximate surface area is 185 Å². The van der Waals surface area contributed by atoms with Gasteiger partial charge in [0.15, 0.2) is 22.9 Å². The lowest BCUT2D eigenvalue weighted by atomic mass is 10.0. The molecule has 0 N–H and O–H groups in total. The lowest BCUT2D eigenvalue weighted by molar-refractivity contribution is 0.104. The van der Waals surface area contributed by atoms with Crippen molar-refractivity contribution in [3.05, 3.63) is 63.5 Å². The summed E-state index contributed by atoms with van der Waals surface area (Å²) in [7, 11) is 4.52. The summed E-state index contributed by atoms with van der Waals surface area (Å²) in [6.45, 7) is 1.72. The van der Waals surface area contributed by atoms with Crippen molar-refractivity contribution >= 4 is 22.8 Å². The van der Waals surface area contributed by atoms with Crippen LogP contribution in [0, 0.1) is 19.3 Å². The van der Waals surface area contributed by atoms with Gasteiger partial charge >= 0.3 is 5.63 Å². The Balaban J connectivity index is 2.11. The largest absolute Gasteiger partial charge is 0.493 e. The van der Waals surface area contributed by atoms with Crippen molar-refractivity contribution in [2.75, 3.05) is 27.9 Å². The van der Waals surface area contributed by atoms with E-state index in [4.69, 9.17) is 29.8 Å². The Bertz CT molecular complexity index is 1270. The van der Waals surface area contributed by atoms with Crippen LogP contribution in [0.5, 0.6) is 23.0 Å². The SMILES string of the molecule is C#CCOc1ccc2c(C)cc(=O)oc2c1C(=O)C=Cc1cc(OC)c(OC)c(OC)c1. The van der Waals surface area contributed by atoms with Crippen LogP contribution < -0.4 is 24.6 Å². The van der Waals surface area contributed by atoms with Crippen LogP contribution in [-0.2, 0) is 0 Å². The van der Waals surface area contributed by atoms with E-state index in [1.54, 1.807) is 37.3 Å². The first-order valence-electron chi connectivity index (χ1n) is 9.59. The fourth-order valence-corrected chi connectivity index (χ4v) is 3.29. The first-order chi connectivity index (χ1) is 15.4. The number of benzene rings is 2. The van der Waals surface area contributed by atoms with E-state index in [2.05, 4.69) is 5.92 Å². The highest BCUT2D eigenvalue weighted by molar-refractivity contribution is 6.15. The van der Waals surface area contributed by atoms with Gasteiger partial charge in [0.2, 0.25) is 5.75 Å². The molecule has 0 unspecified atom stereocenters. The Morgan fingerprint density at radius 3 is 2.34 bits per heavy atom. The van der Waals surface area contributed by atoms with E-state index in [-0.39, 0.29) is 23.5 Å². The molecule has 1 aromatic heterocycles. The molecule has 0 aliphatic rings. The number of rotatable bonds is 8. The monoisotopic (exact) mass is 434 g/mol. The maximum absolute atomic E-state index is 13.2. The van der Waals surface area contributed by atoms with Crippen LogP contribution in [0.4, 0.5) is 0 Å². The van der Waals surface area contributed by atoms with Crippen LogP contribution in [0.2, 0.25) is 0 Å². The van der Waals surface area contributed by atoms with E-state index >= 15 is 0 Å². The molecular weight excluding hydrogens is 412 g/mol. The summed E-state index contributed by atoms with van der Waals surface area (Å²) in [4.78, 5) is 25.2. The maximum Gasteiger partial charge on any atom is 0.336 e. The summed E-state index contributed by atoms with van der Waals surface area (Å²) in [5, 5.41) is 0.627. The summed E-state index contributed by atoms with van der Waals surface area (Å²) in [5.74, 6) is 3.50. The van der Waals surface area contributed by atoms with Crippen LogP contribution in [0.15, 0.2) is 45.6 Å². The Kier molecular flexibility index (Phi) is 6.86. The van der Waals surface area contributed by atoms with Crippen molar-refractivity contribution in [3.63, 3.8) is 0 Å².